The molecule has 19 heavy (non-hydrogen) atoms. The molecule has 0 radical (unpaired) electrons. The number of methoxy groups -OCH3 is 1. The van der Waals surface area contributed by atoms with E-state index < -0.39 is 0 Å². The molecular formula is C15H15NO2S. The lowest BCUT2D eigenvalue weighted by atomic mass is 9.83. The predicted octanol–water partition coefficient (Wildman–Crippen LogP) is 2.57. The molecule has 3 atom stereocenters. The lowest BCUT2D eigenvalue weighted by Crippen LogP contribution is -2.33. The van der Waals surface area contributed by atoms with Crippen molar-refractivity contribution < 1.29 is 9.53 Å². The van der Waals surface area contributed by atoms with Gasteiger partial charge in [0.05, 0.1) is 22.9 Å². The van der Waals surface area contributed by atoms with Crippen LogP contribution in [0.25, 0.3) is 0 Å². The Balaban J connectivity index is 1.99. The van der Waals surface area contributed by atoms with Gasteiger partial charge in [-0.05, 0) is 18.6 Å². The average molecular weight is 273 g/mol. The number of allylic oxidation sites excluding steroid dienone is 1. The quantitative estimate of drug-likeness (QED) is 0.612. The molecule has 1 saturated heterocycles. The first-order valence-electron chi connectivity index (χ1n) is 6.36. The number of benzene rings is 1. The Hall–Kier alpha value is -1.52. The second-order valence-electron chi connectivity index (χ2n) is 4.84. The van der Waals surface area contributed by atoms with Gasteiger partial charge >= 0.3 is 0 Å². The molecule has 2 aliphatic rings. The summed E-state index contributed by atoms with van der Waals surface area (Å²) in [6.07, 6.45) is 4.68. The molecule has 0 unspecified atom stereocenters. The van der Waals surface area contributed by atoms with E-state index in [1.165, 1.54) is 0 Å². The Morgan fingerprint density at radius 2 is 2.05 bits per heavy atom. The van der Waals surface area contributed by atoms with E-state index in [2.05, 4.69) is 0 Å². The molecule has 1 aromatic rings. The Morgan fingerprint density at radius 1 is 1.32 bits per heavy atom. The number of hydrogen-bond donors (Lipinski definition) is 0. The van der Waals surface area contributed by atoms with Gasteiger partial charge in [-0.1, -0.05) is 42.6 Å². The van der Waals surface area contributed by atoms with Crippen LogP contribution in [0, 0.1) is 11.8 Å². The molecule has 3 nitrogen and oxygen atoms in total. The molecule has 1 heterocycles. The third-order valence-electron chi connectivity index (χ3n) is 3.83. The van der Waals surface area contributed by atoms with Crippen LogP contribution in [0.4, 0.5) is 5.69 Å². The van der Waals surface area contributed by atoms with Crippen LogP contribution in [-0.4, -0.2) is 24.1 Å². The molecule has 1 aromatic carbocycles. The van der Waals surface area contributed by atoms with E-state index in [4.69, 9.17) is 17.0 Å². The summed E-state index contributed by atoms with van der Waals surface area (Å²) in [4.78, 5) is 14.9. The highest BCUT2D eigenvalue weighted by atomic mass is 32.1. The number of amides is 1. The predicted molar refractivity (Wildman–Crippen MR) is 78.1 cm³/mol. The Bertz CT molecular complexity index is 540. The van der Waals surface area contributed by atoms with Crippen LogP contribution in [0.1, 0.15) is 6.42 Å². The molecule has 0 saturated carbocycles. The number of para-hydroxylation sites is 1. The van der Waals surface area contributed by atoms with E-state index in [0.717, 1.165) is 12.1 Å². The zero-order valence-corrected chi connectivity index (χ0v) is 11.5. The molecule has 1 aliphatic carbocycles. The van der Waals surface area contributed by atoms with Gasteiger partial charge in [0, 0.05) is 12.8 Å². The summed E-state index contributed by atoms with van der Waals surface area (Å²) >= 11 is 5.53. The average Bonchev–Trinajstić information content (AvgIpc) is 2.72. The second-order valence-corrected chi connectivity index (χ2v) is 5.26. The van der Waals surface area contributed by atoms with Crippen molar-refractivity contribution in [2.75, 3.05) is 12.0 Å². The Morgan fingerprint density at radius 3 is 2.74 bits per heavy atom. The first kappa shape index (κ1) is 12.5. The van der Waals surface area contributed by atoms with Crippen molar-refractivity contribution in [3.8, 4) is 0 Å². The maximum Gasteiger partial charge on any atom is 0.236 e. The fourth-order valence-electron chi connectivity index (χ4n) is 2.90. The maximum atomic E-state index is 12.6. The van der Waals surface area contributed by atoms with Crippen molar-refractivity contribution >= 4 is 28.8 Å². The monoisotopic (exact) mass is 273 g/mol. The summed E-state index contributed by atoms with van der Waals surface area (Å²) in [5, 5.41) is 0. The van der Waals surface area contributed by atoms with Gasteiger partial charge in [0.2, 0.25) is 5.91 Å². The lowest BCUT2D eigenvalue weighted by Gasteiger charge is -2.26. The van der Waals surface area contributed by atoms with E-state index in [1.54, 1.807) is 12.0 Å². The highest BCUT2D eigenvalue weighted by Crippen LogP contribution is 2.39. The van der Waals surface area contributed by atoms with Crippen molar-refractivity contribution in [2.24, 2.45) is 11.8 Å². The smallest absolute Gasteiger partial charge is 0.236 e. The third kappa shape index (κ3) is 1.91. The van der Waals surface area contributed by atoms with Crippen LogP contribution in [0.3, 0.4) is 0 Å². The molecule has 0 spiro atoms. The van der Waals surface area contributed by atoms with Crippen molar-refractivity contribution in [1.82, 2.24) is 0 Å². The first-order valence-corrected chi connectivity index (χ1v) is 6.77. The fraction of sp³-hybridized carbons (Fsp3) is 0.333. The van der Waals surface area contributed by atoms with E-state index in [9.17, 15) is 4.79 Å². The normalized spacial score (nSPS) is 29.7. The third-order valence-corrected chi connectivity index (χ3v) is 4.29. The number of ether oxygens (including phenoxy) is 1. The number of thiocarbonyl (C=S) groups is 1. The second kappa shape index (κ2) is 4.87. The Kier molecular flexibility index (Phi) is 3.21. The number of carbonyl (C=O) groups excluding carboxylic acids is 1. The van der Waals surface area contributed by atoms with Gasteiger partial charge in [-0.15, -0.1) is 0 Å². The van der Waals surface area contributed by atoms with E-state index in [-0.39, 0.29) is 23.8 Å². The van der Waals surface area contributed by atoms with Crippen LogP contribution in [0.15, 0.2) is 42.5 Å². The summed E-state index contributed by atoms with van der Waals surface area (Å²) in [5.74, 6) is -0.00652. The summed E-state index contributed by atoms with van der Waals surface area (Å²) in [6.45, 7) is 0. The Labute approximate surface area is 117 Å². The van der Waals surface area contributed by atoms with Crippen LogP contribution >= 0.6 is 12.2 Å². The van der Waals surface area contributed by atoms with E-state index in [0.29, 0.717) is 4.99 Å². The molecule has 0 N–H and O–H groups in total. The number of hydrogen-bond acceptors (Lipinski definition) is 3. The fourth-order valence-corrected chi connectivity index (χ4v) is 3.40. The number of nitrogens with zero attached hydrogens (tertiary/aromatic N) is 1. The van der Waals surface area contributed by atoms with Crippen LogP contribution in [0.5, 0.6) is 0 Å². The van der Waals surface area contributed by atoms with Crippen molar-refractivity contribution in [2.45, 2.75) is 12.5 Å². The molecule has 1 aliphatic heterocycles. The van der Waals surface area contributed by atoms with Crippen LogP contribution < -0.4 is 4.90 Å². The van der Waals surface area contributed by atoms with Crippen molar-refractivity contribution in [1.29, 1.82) is 0 Å². The number of rotatable bonds is 2. The minimum absolute atomic E-state index is 0.0160. The van der Waals surface area contributed by atoms with Crippen molar-refractivity contribution in [3.05, 3.63) is 42.5 Å². The van der Waals surface area contributed by atoms with Gasteiger partial charge in [-0.2, -0.15) is 0 Å². The molecule has 4 heteroatoms. The minimum atomic E-state index is -0.0936. The van der Waals surface area contributed by atoms with Gasteiger partial charge in [0.1, 0.15) is 0 Å². The minimum Gasteiger partial charge on any atom is -0.377 e. The zero-order valence-electron chi connectivity index (χ0n) is 10.7. The van der Waals surface area contributed by atoms with Crippen LogP contribution in [-0.2, 0) is 9.53 Å². The van der Waals surface area contributed by atoms with Gasteiger partial charge in [-0.25, -0.2) is 0 Å². The van der Waals surface area contributed by atoms with E-state index >= 15 is 0 Å². The van der Waals surface area contributed by atoms with Gasteiger partial charge in [-0.3, -0.25) is 9.69 Å². The molecule has 0 bridgehead atoms. The topological polar surface area (TPSA) is 29.5 Å². The largest absolute Gasteiger partial charge is 0.377 e. The molecule has 1 amide bonds. The molecule has 1 fully saturated rings. The SMILES string of the molecule is CO[C@H]1C=CC[C@H]2C(=O)N(c3ccccc3)C(=S)[C@@H]12. The maximum absolute atomic E-state index is 12.6. The molecule has 0 aromatic heterocycles. The highest BCUT2D eigenvalue weighted by molar-refractivity contribution is 7.80. The van der Waals surface area contributed by atoms with Gasteiger partial charge in [0.15, 0.2) is 0 Å². The molecular weight excluding hydrogens is 258 g/mol. The molecule has 98 valence electrons. The van der Waals surface area contributed by atoms with Crippen molar-refractivity contribution in [3.63, 3.8) is 0 Å². The van der Waals surface area contributed by atoms with E-state index in [1.807, 2.05) is 42.5 Å². The summed E-state index contributed by atoms with van der Waals surface area (Å²) in [7, 11) is 1.66. The number of fused-ring (bicyclic) bond motifs is 1. The highest BCUT2D eigenvalue weighted by Gasteiger charge is 2.49. The summed E-state index contributed by atoms with van der Waals surface area (Å²) < 4.78 is 5.45. The summed E-state index contributed by atoms with van der Waals surface area (Å²) in [5.41, 5.74) is 0.849. The van der Waals surface area contributed by atoms with Gasteiger partial charge < -0.3 is 4.74 Å². The van der Waals surface area contributed by atoms with Gasteiger partial charge in [0.25, 0.3) is 0 Å². The first-order chi connectivity index (χ1) is 9.24. The zero-order chi connectivity index (χ0) is 13.4. The lowest BCUT2D eigenvalue weighted by molar-refractivity contribution is -0.121. The molecule has 3 rings (SSSR count). The van der Waals surface area contributed by atoms with Crippen LogP contribution in [0.2, 0.25) is 0 Å². The number of anilines is 1. The summed E-state index contributed by atoms with van der Waals surface area (Å²) in [6, 6.07) is 9.59. The standard InChI is InChI=1S/C15H15NO2S/c1-18-12-9-5-8-11-13(12)15(19)16(14(11)17)10-6-3-2-4-7-10/h2-7,9,11-13H,8H2,1H3/t11-,12+,13-/m1/s1. The number of carbonyl (C=O) groups is 1.